The van der Waals surface area contributed by atoms with Crippen LogP contribution in [0.1, 0.15) is 17.6 Å². The summed E-state index contributed by atoms with van der Waals surface area (Å²) in [4.78, 5) is 4.35. The lowest BCUT2D eigenvalue weighted by atomic mass is 10.5. The van der Waals surface area contributed by atoms with E-state index in [0.29, 0.717) is 5.75 Å². The normalized spacial score (nSPS) is 10.1. The third-order valence-electron chi connectivity index (χ3n) is 1.28. The summed E-state index contributed by atoms with van der Waals surface area (Å²) < 4.78 is 0. The van der Waals surface area contributed by atoms with Crippen LogP contribution in [0.25, 0.3) is 0 Å². The Balaban J connectivity index is 2.47. The highest BCUT2D eigenvalue weighted by Gasteiger charge is 2.00. The lowest BCUT2D eigenvalue weighted by molar-refractivity contribution is 1.06. The molecule has 0 spiro atoms. The Kier molecular flexibility index (Phi) is 3.55. The second-order valence-electron chi connectivity index (χ2n) is 2.24. The van der Waals surface area contributed by atoms with Crippen LogP contribution in [0.4, 0.5) is 0 Å². The van der Waals surface area contributed by atoms with Crippen molar-refractivity contribution in [3.63, 3.8) is 0 Å². The number of hydrogen-bond acceptors (Lipinski definition) is 4. The van der Waals surface area contributed by atoms with Crippen molar-refractivity contribution in [1.82, 2.24) is 4.98 Å². The van der Waals surface area contributed by atoms with Crippen LogP contribution in [0.2, 0.25) is 0 Å². The lowest BCUT2D eigenvalue weighted by Crippen LogP contribution is -2.03. The molecular weight excluding hydrogens is 190 g/mol. The number of aryl methyl sites for hydroxylation is 1. The van der Waals surface area contributed by atoms with E-state index < -0.39 is 0 Å². The Hall–Kier alpha value is -0.550. The summed E-state index contributed by atoms with van der Waals surface area (Å²) in [6, 6.07) is 0. The molecule has 66 valence electrons. The van der Waals surface area contributed by atoms with Crippen molar-refractivity contribution < 1.29 is 0 Å². The van der Waals surface area contributed by atoms with Crippen molar-refractivity contribution >= 4 is 28.3 Å². The number of nitrogens with two attached hydrogens (primary N) is 1. The molecule has 1 aromatic heterocycles. The first kappa shape index (κ1) is 9.54. The molecule has 0 radical (unpaired) electrons. The minimum absolute atomic E-state index is 0.154. The first-order valence-corrected chi connectivity index (χ1v) is 5.49. The van der Waals surface area contributed by atoms with Crippen molar-refractivity contribution in [2.45, 2.75) is 19.1 Å². The van der Waals surface area contributed by atoms with E-state index in [9.17, 15) is 0 Å². The summed E-state index contributed by atoms with van der Waals surface area (Å²) in [5.41, 5.74) is 6.23. The monoisotopic (exact) mass is 201 g/mol. The summed E-state index contributed by atoms with van der Waals surface area (Å²) in [7, 11) is 0. The average Bonchev–Trinajstić information content (AvgIpc) is 2.48. The topological polar surface area (TPSA) is 62.8 Å². The van der Waals surface area contributed by atoms with Crippen molar-refractivity contribution in [1.29, 1.82) is 5.41 Å². The van der Waals surface area contributed by atoms with E-state index in [-0.39, 0.29) is 5.17 Å². The molecule has 5 heteroatoms. The van der Waals surface area contributed by atoms with E-state index in [1.807, 2.05) is 5.38 Å². The molecule has 0 saturated heterocycles. The highest BCUT2D eigenvalue weighted by Crippen LogP contribution is 2.15. The van der Waals surface area contributed by atoms with Gasteiger partial charge in [0.1, 0.15) is 0 Å². The average molecular weight is 201 g/mol. The van der Waals surface area contributed by atoms with Crippen molar-refractivity contribution in [3.8, 4) is 0 Å². The third kappa shape index (κ3) is 2.83. The molecule has 0 amide bonds. The Morgan fingerprint density at radius 1 is 1.83 bits per heavy atom. The molecule has 0 aliphatic rings. The van der Waals surface area contributed by atoms with Gasteiger partial charge < -0.3 is 5.73 Å². The van der Waals surface area contributed by atoms with Crippen LogP contribution in [0.15, 0.2) is 5.38 Å². The molecule has 0 aliphatic carbocycles. The number of rotatable bonds is 3. The van der Waals surface area contributed by atoms with Gasteiger partial charge in [-0.15, -0.1) is 11.3 Å². The molecule has 0 aliphatic heterocycles. The summed E-state index contributed by atoms with van der Waals surface area (Å²) in [6.45, 7) is 2.08. The van der Waals surface area contributed by atoms with Gasteiger partial charge in [0, 0.05) is 11.1 Å². The second-order valence-corrected chi connectivity index (χ2v) is 4.20. The smallest absolute Gasteiger partial charge is 0.151 e. The van der Waals surface area contributed by atoms with Gasteiger partial charge in [0.05, 0.1) is 10.7 Å². The zero-order chi connectivity index (χ0) is 8.97. The molecule has 3 nitrogen and oxygen atoms in total. The largest absolute Gasteiger partial charge is 0.379 e. The van der Waals surface area contributed by atoms with Gasteiger partial charge in [-0.2, -0.15) is 0 Å². The van der Waals surface area contributed by atoms with E-state index in [4.69, 9.17) is 11.1 Å². The SMILES string of the molecule is CCc1nc(CSC(=N)N)cs1. The zero-order valence-electron chi connectivity index (χ0n) is 6.83. The number of aromatic nitrogens is 1. The molecule has 0 unspecified atom stereocenters. The van der Waals surface area contributed by atoms with Crippen LogP contribution < -0.4 is 5.73 Å². The summed E-state index contributed by atoms with van der Waals surface area (Å²) in [5, 5.41) is 10.3. The molecule has 1 heterocycles. The molecule has 0 bridgehead atoms. The Morgan fingerprint density at radius 2 is 2.58 bits per heavy atom. The number of nitrogens with zero attached hydrogens (tertiary/aromatic N) is 1. The van der Waals surface area contributed by atoms with E-state index >= 15 is 0 Å². The van der Waals surface area contributed by atoms with Gasteiger partial charge in [-0.05, 0) is 6.42 Å². The maximum absolute atomic E-state index is 7.01. The minimum atomic E-state index is 0.154. The van der Waals surface area contributed by atoms with Crippen molar-refractivity contribution in [2.24, 2.45) is 5.73 Å². The molecule has 0 fully saturated rings. The van der Waals surface area contributed by atoms with E-state index in [1.54, 1.807) is 11.3 Å². The van der Waals surface area contributed by atoms with Crippen LogP contribution in [0, 0.1) is 5.41 Å². The van der Waals surface area contributed by atoms with E-state index in [2.05, 4.69) is 11.9 Å². The molecule has 0 aromatic carbocycles. The van der Waals surface area contributed by atoms with Gasteiger partial charge in [-0.3, -0.25) is 5.41 Å². The molecule has 1 aromatic rings. The highest BCUT2D eigenvalue weighted by atomic mass is 32.2. The van der Waals surface area contributed by atoms with Crippen LogP contribution in [0.5, 0.6) is 0 Å². The molecule has 3 N–H and O–H groups in total. The fourth-order valence-electron chi connectivity index (χ4n) is 0.729. The van der Waals surface area contributed by atoms with Gasteiger partial charge in [0.2, 0.25) is 0 Å². The molecule has 1 rings (SSSR count). The fourth-order valence-corrected chi connectivity index (χ4v) is 2.03. The van der Waals surface area contributed by atoms with E-state index in [1.165, 1.54) is 11.8 Å². The Labute approximate surface area is 79.9 Å². The zero-order valence-corrected chi connectivity index (χ0v) is 8.47. The van der Waals surface area contributed by atoms with Crippen LogP contribution in [-0.4, -0.2) is 10.2 Å². The number of hydrogen-bond donors (Lipinski definition) is 2. The van der Waals surface area contributed by atoms with Gasteiger partial charge in [0.15, 0.2) is 5.17 Å². The minimum Gasteiger partial charge on any atom is -0.379 e. The van der Waals surface area contributed by atoms with Crippen LogP contribution in [-0.2, 0) is 12.2 Å². The second kappa shape index (κ2) is 4.47. The van der Waals surface area contributed by atoms with Gasteiger partial charge in [-0.1, -0.05) is 18.7 Å². The predicted molar refractivity (Wildman–Crippen MR) is 54.7 cm³/mol. The maximum Gasteiger partial charge on any atom is 0.151 e. The highest BCUT2D eigenvalue weighted by molar-refractivity contribution is 8.13. The molecular formula is C7H11N3S2. The maximum atomic E-state index is 7.01. The lowest BCUT2D eigenvalue weighted by Gasteiger charge is -1.93. The predicted octanol–water partition coefficient (Wildman–Crippen LogP) is 1.83. The van der Waals surface area contributed by atoms with Crippen molar-refractivity contribution in [2.75, 3.05) is 0 Å². The molecule has 0 saturated carbocycles. The Bertz CT molecular complexity index is 269. The third-order valence-corrected chi connectivity index (χ3v) is 3.07. The quantitative estimate of drug-likeness (QED) is 0.579. The summed E-state index contributed by atoms with van der Waals surface area (Å²) >= 11 is 2.98. The van der Waals surface area contributed by atoms with Crippen molar-refractivity contribution in [3.05, 3.63) is 16.1 Å². The summed E-state index contributed by atoms with van der Waals surface area (Å²) in [6.07, 6.45) is 0.982. The number of amidine groups is 1. The molecule has 12 heavy (non-hydrogen) atoms. The number of nitrogens with one attached hydrogen (secondary N) is 1. The first-order valence-electron chi connectivity index (χ1n) is 3.62. The fraction of sp³-hybridized carbons (Fsp3) is 0.429. The van der Waals surface area contributed by atoms with Gasteiger partial charge in [-0.25, -0.2) is 4.98 Å². The van der Waals surface area contributed by atoms with E-state index in [0.717, 1.165) is 17.1 Å². The molecule has 0 atom stereocenters. The van der Waals surface area contributed by atoms with Gasteiger partial charge >= 0.3 is 0 Å². The number of thiazole rings is 1. The standard InChI is InChI=1S/C7H11N3S2/c1-2-6-10-5(3-11-6)4-12-7(8)9/h3H,2,4H2,1H3,(H3,8,9). The summed E-state index contributed by atoms with van der Waals surface area (Å²) in [5.74, 6) is 0.714. The number of thioether (sulfide) groups is 1. The van der Waals surface area contributed by atoms with Gasteiger partial charge in [0.25, 0.3) is 0 Å². The Morgan fingerprint density at radius 3 is 3.08 bits per heavy atom. The van der Waals surface area contributed by atoms with Crippen LogP contribution in [0.3, 0.4) is 0 Å². The van der Waals surface area contributed by atoms with Crippen LogP contribution >= 0.6 is 23.1 Å². The first-order chi connectivity index (χ1) is 5.72.